The lowest BCUT2D eigenvalue weighted by Crippen LogP contribution is -2.61. The van der Waals surface area contributed by atoms with Gasteiger partial charge < -0.3 is 4.90 Å². The zero-order valence-electron chi connectivity index (χ0n) is 13.8. The molecule has 2 heterocycles. The number of aromatic nitrogens is 2. The SMILES string of the molecule is Cc1ncc(Br)c(C(=O)N2CC3(C=C(C#N)C(=O)C(C)(C)C3)C2)n1. The third-order valence-corrected chi connectivity index (χ3v) is 5.17. The van der Waals surface area contributed by atoms with Crippen molar-refractivity contribution in [1.82, 2.24) is 14.9 Å². The van der Waals surface area contributed by atoms with Gasteiger partial charge in [-0.1, -0.05) is 19.9 Å². The smallest absolute Gasteiger partial charge is 0.273 e. The van der Waals surface area contributed by atoms with Gasteiger partial charge in [-0.05, 0) is 29.3 Å². The third-order valence-electron chi connectivity index (χ3n) is 4.59. The van der Waals surface area contributed by atoms with Crippen molar-refractivity contribution in [2.75, 3.05) is 13.1 Å². The van der Waals surface area contributed by atoms with Gasteiger partial charge in [0.2, 0.25) is 0 Å². The fourth-order valence-corrected chi connectivity index (χ4v) is 4.01. The summed E-state index contributed by atoms with van der Waals surface area (Å²) in [6.45, 7) is 6.43. The number of nitriles is 1. The molecule has 7 heteroatoms. The molecule has 124 valence electrons. The number of carbonyl (C=O) groups is 2. The Hall–Kier alpha value is -2.07. The minimum atomic E-state index is -0.582. The van der Waals surface area contributed by atoms with Crippen molar-refractivity contribution < 1.29 is 9.59 Å². The molecule has 1 spiro atoms. The van der Waals surface area contributed by atoms with E-state index in [1.807, 2.05) is 19.9 Å². The van der Waals surface area contributed by atoms with Crippen LogP contribution in [0.3, 0.4) is 0 Å². The lowest BCUT2D eigenvalue weighted by atomic mass is 9.61. The Bertz CT molecular complexity index is 816. The standard InChI is InChI=1S/C17H17BrN4O2/c1-10-20-6-12(18)13(21-10)15(24)22-8-17(9-22)4-11(5-19)14(23)16(2,3)7-17/h4,6H,7-9H2,1-3H3. The minimum absolute atomic E-state index is 0.116. The van der Waals surface area contributed by atoms with Gasteiger partial charge in [-0.2, -0.15) is 5.26 Å². The molecule has 1 saturated heterocycles. The number of halogens is 1. The van der Waals surface area contributed by atoms with Gasteiger partial charge >= 0.3 is 0 Å². The Morgan fingerprint density at radius 3 is 2.71 bits per heavy atom. The molecule has 0 aromatic carbocycles. The van der Waals surface area contributed by atoms with E-state index in [0.29, 0.717) is 35.5 Å². The van der Waals surface area contributed by atoms with Crippen LogP contribution in [0.2, 0.25) is 0 Å². The van der Waals surface area contributed by atoms with E-state index >= 15 is 0 Å². The average molecular weight is 389 g/mol. The van der Waals surface area contributed by atoms with Crippen LogP contribution in [0.4, 0.5) is 0 Å². The third kappa shape index (κ3) is 2.65. The zero-order chi connectivity index (χ0) is 17.7. The normalized spacial score (nSPS) is 21.0. The second kappa shape index (κ2) is 5.49. The largest absolute Gasteiger partial charge is 0.335 e. The van der Waals surface area contributed by atoms with E-state index in [2.05, 4.69) is 25.9 Å². The Balaban J connectivity index is 1.83. The van der Waals surface area contributed by atoms with Gasteiger partial charge in [-0.3, -0.25) is 9.59 Å². The molecule has 0 unspecified atom stereocenters. The Morgan fingerprint density at radius 2 is 2.08 bits per heavy atom. The van der Waals surface area contributed by atoms with Gasteiger partial charge in [-0.25, -0.2) is 9.97 Å². The van der Waals surface area contributed by atoms with Crippen molar-refractivity contribution in [3.63, 3.8) is 0 Å². The van der Waals surface area contributed by atoms with Gasteiger partial charge in [0.15, 0.2) is 5.78 Å². The number of rotatable bonds is 1. The van der Waals surface area contributed by atoms with Crippen LogP contribution in [-0.2, 0) is 4.79 Å². The summed E-state index contributed by atoms with van der Waals surface area (Å²) in [5.74, 6) is 0.252. The van der Waals surface area contributed by atoms with Crippen molar-refractivity contribution >= 4 is 27.6 Å². The number of carbonyl (C=O) groups excluding carboxylic acids is 2. The van der Waals surface area contributed by atoms with Crippen molar-refractivity contribution in [3.8, 4) is 6.07 Å². The quantitative estimate of drug-likeness (QED) is 0.736. The summed E-state index contributed by atoms with van der Waals surface area (Å²) in [6.07, 6.45) is 3.96. The minimum Gasteiger partial charge on any atom is -0.335 e. The first-order valence-electron chi connectivity index (χ1n) is 7.64. The summed E-state index contributed by atoms with van der Waals surface area (Å²) in [6, 6.07) is 2.01. The molecule has 6 nitrogen and oxygen atoms in total. The number of hydrogen-bond acceptors (Lipinski definition) is 5. The van der Waals surface area contributed by atoms with Gasteiger partial charge in [0.1, 0.15) is 17.6 Å². The molecular weight excluding hydrogens is 372 g/mol. The number of likely N-dealkylation sites (tertiary alicyclic amines) is 1. The molecule has 1 aliphatic carbocycles. The second-order valence-electron chi connectivity index (χ2n) is 7.20. The molecule has 1 fully saturated rings. The predicted molar refractivity (Wildman–Crippen MR) is 89.9 cm³/mol. The molecule has 1 aromatic rings. The Kier molecular flexibility index (Phi) is 3.83. The number of ketones is 1. The molecule has 0 saturated carbocycles. The Labute approximate surface area is 148 Å². The van der Waals surface area contributed by atoms with E-state index in [4.69, 9.17) is 0 Å². The molecule has 0 atom stereocenters. The van der Waals surface area contributed by atoms with Crippen LogP contribution in [-0.4, -0.2) is 39.6 Å². The number of aryl methyl sites for hydroxylation is 1. The van der Waals surface area contributed by atoms with Crippen LogP contribution >= 0.6 is 15.9 Å². The van der Waals surface area contributed by atoms with Gasteiger partial charge in [-0.15, -0.1) is 0 Å². The van der Waals surface area contributed by atoms with E-state index in [1.165, 1.54) is 0 Å². The molecule has 0 bridgehead atoms. The van der Waals surface area contributed by atoms with E-state index in [-0.39, 0.29) is 22.7 Å². The number of amides is 1. The summed E-state index contributed by atoms with van der Waals surface area (Å²) in [5, 5.41) is 9.22. The van der Waals surface area contributed by atoms with Crippen molar-refractivity contribution in [2.24, 2.45) is 10.8 Å². The van der Waals surface area contributed by atoms with Crippen LogP contribution in [0, 0.1) is 29.1 Å². The first-order chi connectivity index (χ1) is 11.2. The molecule has 24 heavy (non-hydrogen) atoms. The molecule has 0 N–H and O–H groups in total. The van der Waals surface area contributed by atoms with Crippen molar-refractivity contribution in [1.29, 1.82) is 5.26 Å². The molecule has 0 radical (unpaired) electrons. The summed E-state index contributed by atoms with van der Waals surface area (Å²) >= 11 is 3.31. The summed E-state index contributed by atoms with van der Waals surface area (Å²) in [7, 11) is 0. The highest BCUT2D eigenvalue weighted by Crippen LogP contribution is 2.48. The van der Waals surface area contributed by atoms with E-state index in [0.717, 1.165) is 0 Å². The fourth-order valence-electron chi connectivity index (χ4n) is 3.65. The summed E-state index contributed by atoms with van der Waals surface area (Å²) < 4.78 is 0.562. The zero-order valence-corrected chi connectivity index (χ0v) is 15.3. The van der Waals surface area contributed by atoms with Crippen molar-refractivity contribution in [2.45, 2.75) is 27.2 Å². The monoisotopic (exact) mass is 388 g/mol. The maximum atomic E-state index is 12.7. The van der Waals surface area contributed by atoms with Crippen LogP contribution < -0.4 is 0 Å². The number of hydrogen-bond donors (Lipinski definition) is 0. The maximum absolute atomic E-state index is 12.7. The number of Topliss-reactive ketones (excluding diaryl/α,β-unsaturated/α-hetero) is 1. The number of nitrogens with zero attached hydrogens (tertiary/aromatic N) is 4. The first kappa shape index (κ1) is 16.8. The predicted octanol–water partition coefficient (Wildman–Crippen LogP) is 2.44. The number of allylic oxidation sites excluding steroid dienone is 1. The Morgan fingerprint density at radius 1 is 1.42 bits per heavy atom. The molecule has 3 rings (SSSR count). The van der Waals surface area contributed by atoms with Crippen LogP contribution in [0.1, 0.15) is 36.6 Å². The van der Waals surface area contributed by atoms with Crippen LogP contribution in [0.5, 0.6) is 0 Å². The second-order valence-corrected chi connectivity index (χ2v) is 8.05. The maximum Gasteiger partial charge on any atom is 0.273 e. The molecular formula is C17H17BrN4O2. The first-order valence-corrected chi connectivity index (χ1v) is 8.43. The van der Waals surface area contributed by atoms with Gasteiger partial charge in [0.25, 0.3) is 5.91 Å². The van der Waals surface area contributed by atoms with Crippen molar-refractivity contribution in [3.05, 3.63) is 33.8 Å². The van der Waals surface area contributed by atoms with Crippen LogP contribution in [0.15, 0.2) is 22.3 Å². The highest BCUT2D eigenvalue weighted by Gasteiger charge is 2.52. The van der Waals surface area contributed by atoms with Gasteiger partial charge in [0, 0.05) is 30.1 Å². The summed E-state index contributed by atoms with van der Waals surface area (Å²) in [4.78, 5) is 34.8. The molecule has 1 amide bonds. The highest BCUT2D eigenvalue weighted by atomic mass is 79.9. The lowest BCUT2D eigenvalue weighted by Gasteiger charge is -2.53. The molecule has 1 aromatic heterocycles. The molecule has 1 aliphatic heterocycles. The van der Waals surface area contributed by atoms with E-state index in [1.54, 1.807) is 24.1 Å². The average Bonchev–Trinajstić information content (AvgIpc) is 2.49. The van der Waals surface area contributed by atoms with E-state index < -0.39 is 5.41 Å². The fraction of sp³-hybridized carbons (Fsp3) is 0.471. The van der Waals surface area contributed by atoms with E-state index in [9.17, 15) is 14.9 Å². The topological polar surface area (TPSA) is 87.0 Å². The van der Waals surface area contributed by atoms with Crippen LogP contribution in [0.25, 0.3) is 0 Å². The lowest BCUT2D eigenvalue weighted by molar-refractivity contribution is -0.127. The highest BCUT2D eigenvalue weighted by molar-refractivity contribution is 9.10. The molecule has 2 aliphatic rings. The van der Waals surface area contributed by atoms with Gasteiger partial charge in [0.05, 0.1) is 10.0 Å². The summed E-state index contributed by atoms with van der Waals surface area (Å²) in [5.41, 5.74) is -0.335.